The summed E-state index contributed by atoms with van der Waals surface area (Å²) in [5.41, 5.74) is 0. The van der Waals surface area contributed by atoms with Crippen LogP contribution in [-0.4, -0.2) is 50.8 Å². The fourth-order valence-corrected chi connectivity index (χ4v) is 1.78. The number of carbonyl (C=O) groups excluding carboxylic acids is 1. The summed E-state index contributed by atoms with van der Waals surface area (Å²) in [6.07, 6.45) is 4.18. The number of rotatable bonds is 6. The van der Waals surface area contributed by atoms with E-state index in [0.29, 0.717) is 25.3 Å². The second-order valence-electron chi connectivity index (χ2n) is 4.61. The Morgan fingerprint density at radius 2 is 2.47 bits per heavy atom. The predicted octanol–water partition coefficient (Wildman–Crippen LogP) is -0.0334. The van der Waals surface area contributed by atoms with E-state index in [0.717, 1.165) is 18.7 Å². The van der Waals surface area contributed by atoms with Crippen LogP contribution in [0.3, 0.4) is 0 Å². The minimum atomic E-state index is -0.366. The third-order valence-corrected chi connectivity index (χ3v) is 3.09. The highest BCUT2D eigenvalue weighted by Crippen LogP contribution is 2.32. The Bertz CT molecular complexity index is 362. The highest BCUT2D eigenvalue weighted by molar-refractivity contribution is 5.76. The molecule has 2 N–H and O–H groups in total. The number of aromatic nitrogens is 3. The van der Waals surface area contributed by atoms with Crippen molar-refractivity contribution in [3.8, 4) is 0 Å². The first-order valence-corrected chi connectivity index (χ1v) is 5.93. The molecule has 1 fully saturated rings. The minimum absolute atomic E-state index is 0.0288. The molecule has 0 aromatic carbocycles. The van der Waals surface area contributed by atoms with Gasteiger partial charge in [0.25, 0.3) is 0 Å². The van der Waals surface area contributed by atoms with Gasteiger partial charge in [-0.1, -0.05) is 0 Å². The van der Waals surface area contributed by atoms with Crippen molar-refractivity contribution >= 4 is 5.91 Å². The van der Waals surface area contributed by atoms with Crippen LogP contribution in [-0.2, 0) is 11.2 Å². The molecule has 1 amide bonds. The number of aliphatic hydroxyl groups excluding tert-OH is 1. The largest absolute Gasteiger partial charge is 0.391 e. The number of aromatic amines is 1. The zero-order valence-electron chi connectivity index (χ0n) is 9.96. The maximum absolute atomic E-state index is 11.8. The molecule has 1 aliphatic rings. The summed E-state index contributed by atoms with van der Waals surface area (Å²) in [5, 5.41) is 16.2. The molecule has 6 heteroatoms. The Morgan fingerprint density at radius 3 is 3.06 bits per heavy atom. The number of nitrogens with one attached hydrogen (secondary N) is 1. The molecule has 1 aliphatic carbocycles. The fourth-order valence-electron chi connectivity index (χ4n) is 1.78. The van der Waals surface area contributed by atoms with E-state index < -0.39 is 0 Å². The zero-order chi connectivity index (χ0) is 12.3. The average Bonchev–Trinajstić information content (AvgIpc) is 3.04. The maximum Gasteiger partial charge on any atom is 0.222 e. The molecule has 0 spiro atoms. The van der Waals surface area contributed by atoms with Crippen molar-refractivity contribution in [2.75, 3.05) is 13.6 Å². The molecule has 6 nitrogen and oxygen atoms in total. The van der Waals surface area contributed by atoms with Gasteiger partial charge >= 0.3 is 0 Å². The smallest absolute Gasteiger partial charge is 0.222 e. The van der Waals surface area contributed by atoms with E-state index in [1.54, 1.807) is 11.9 Å². The summed E-state index contributed by atoms with van der Waals surface area (Å²) in [6, 6.07) is 0. The third kappa shape index (κ3) is 3.52. The van der Waals surface area contributed by atoms with Crippen LogP contribution in [0.2, 0.25) is 0 Å². The lowest BCUT2D eigenvalue weighted by atomic mass is 10.2. The molecule has 0 saturated heterocycles. The van der Waals surface area contributed by atoms with Gasteiger partial charge < -0.3 is 10.0 Å². The number of aryl methyl sites for hydroxylation is 1. The van der Waals surface area contributed by atoms with Crippen LogP contribution in [0, 0.1) is 5.92 Å². The molecule has 94 valence electrons. The molecule has 0 radical (unpaired) electrons. The highest BCUT2D eigenvalue weighted by Gasteiger charge is 2.30. The number of likely N-dealkylation sites (N-methyl/N-ethyl adjacent to an activating group) is 1. The van der Waals surface area contributed by atoms with E-state index in [-0.39, 0.29) is 12.0 Å². The van der Waals surface area contributed by atoms with Gasteiger partial charge in [0.1, 0.15) is 12.2 Å². The summed E-state index contributed by atoms with van der Waals surface area (Å²) < 4.78 is 0. The molecule has 1 atom stereocenters. The first kappa shape index (κ1) is 12.0. The first-order chi connectivity index (χ1) is 8.16. The van der Waals surface area contributed by atoms with Crippen molar-refractivity contribution < 1.29 is 9.90 Å². The van der Waals surface area contributed by atoms with Gasteiger partial charge in [0.15, 0.2) is 0 Å². The predicted molar refractivity (Wildman–Crippen MR) is 61.1 cm³/mol. The number of nitrogens with zero attached hydrogens (tertiary/aromatic N) is 3. The van der Waals surface area contributed by atoms with Gasteiger partial charge in [-0.2, -0.15) is 5.10 Å². The lowest BCUT2D eigenvalue weighted by Gasteiger charge is -2.20. The van der Waals surface area contributed by atoms with Gasteiger partial charge in [0, 0.05) is 26.4 Å². The zero-order valence-corrected chi connectivity index (χ0v) is 9.96. The number of carbonyl (C=O) groups is 1. The quantitative estimate of drug-likeness (QED) is 0.729. The molecule has 17 heavy (non-hydrogen) atoms. The summed E-state index contributed by atoms with van der Waals surface area (Å²) in [7, 11) is 1.73. The van der Waals surface area contributed by atoms with Crippen molar-refractivity contribution in [3.05, 3.63) is 12.2 Å². The van der Waals surface area contributed by atoms with Gasteiger partial charge in [-0.15, -0.1) is 0 Å². The Labute approximate surface area is 100 Å². The van der Waals surface area contributed by atoms with Gasteiger partial charge in [-0.3, -0.25) is 9.89 Å². The Morgan fingerprint density at radius 1 is 1.71 bits per heavy atom. The lowest BCUT2D eigenvalue weighted by Crippen LogP contribution is -2.35. The Hall–Kier alpha value is -1.43. The fraction of sp³-hybridized carbons (Fsp3) is 0.727. The third-order valence-electron chi connectivity index (χ3n) is 3.09. The molecular formula is C11H18N4O2. The molecule has 0 aliphatic heterocycles. The molecular weight excluding hydrogens is 220 g/mol. The second-order valence-corrected chi connectivity index (χ2v) is 4.61. The van der Waals surface area contributed by atoms with E-state index in [1.165, 1.54) is 6.33 Å². The lowest BCUT2D eigenvalue weighted by molar-refractivity contribution is -0.131. The van der Waals surface area contributed by atoms with Gasteiger partial charge in [-0.25, -0.2) is 4.98 Å². The first-order valence-electron chi connectivity index (χ1n) is 5.93. The number of H-pyrrole nitrogens is 1. The van der Waals surface area contributed by atoms with E-state index in [2.05, 4.69) is 15.2 Å². The van der Waals surface area contributed by atoms with E-state index >= 15 is 0 Å². The van der Waals surface area contributed by atoms with Gasteiger partial charge in [0.05, 0.1) is 6.10 Å². The van der Waals surface area contributed by atoms with Crippen molar-refractivity contribution in [2.24, 2.45) is 5.92 Å². The SMILES string of the molecule is CN(CC(O)C1CC1)C(=O)CCc1ncn[nH]1. The number of hydrogen-bond donors (Lipinski definition) is 2. The summed E-state index contributed by atoms with van der Waals surface area (Å²) >= 11 is 0. The molecule has 1 unspecified atom stereocenters. The Kier molecular flexibility index (Phi) is 3.73. The number of amides is 1. The van der Waals surface area contributed by atoms with Crippen LogP contribution in [0.5, 0.6) is 0 Å². The van der Waals surface area contributed by atoms with Crippen LogP contribution in [0.1, 0.15) is 25.1 Å². The van der Waals surface area contributed by atoms with E-state index in [1.807, 2.05) is 0 Å². The maximum atomic E-state index is 11.8. The standard InChI is InChI=1S/C11H18N4O2/c1-15(6-9(16)8-2-3-8)11(17)5-4-10-12-7-13-14-10/h7-9,16H,2-6H2,1H3,(H,12,13,14). The minimum Gasteiger partial charge on any atom is -0.391 e. The molecule has 0 bridgehead atoms. The van der Waals surface area contributed by atoms with Crippen LogP contribution in [0.4, 0.5) is 0 Å². The second kappa shape index (κ2) is 5.27. The topological polar surface area (TPSA) is 82.1 Å². The molecule has 1 heterocycles. The average molecular weight is 238 g/mol. The number of hydrogen-bond acceptors (Lipinski definition) is 4. The molecule has 1 aromatic heterocycles. The molecule has 1 aromatic rings. The molecule has 1 saturated carbocycles. The molecule has 2 rings (SSSR count). The van der Waals surface area contributed by atoms with Gasteiger partial charge in [0.2, 0.25) is 5.91 Å². The normalized spacial score (nSPS) is 16.8. The summed E-state index contributed by atoms with van der Waals surface area (Å²) in [5.74, 6) is 1.15. The summed E-state index contributed by atoms with van der Waals surface area (Å²) in [4.78, 5) is 17.3. The summed E-state index contributed by atoms with van der Waals surface area (Å²) in [6.45, 7) is 0.430. The van der Waals surface area contributed by atoms with Crippen molar-refractivity contribution in [1.29, 1.82) is 0 Å². The monoisotopic (exact) mass is 238 g/mol. The van der Waals surface area contributed by atoms with Crippen molar-refractivity contribution in [1.82, 2.24) is 20.1 Å². The van der Waals surface area contributed by atoms with Crippen LogP contribution in [0.15, 0.2) is 6.33 Å². The van der Waals surface area contributed by atoms with Crippen LogP contribution < -0.4 is 0 Å². The van der Waals surface area contributed by atoms with E-state index in [4.69, 9.17) is 0 Å². The van der Waals surface area contributed by atoms with Gasteiger partial charge in [-0.05, 0) is 18.8 Å². The van der Waals surface area contributed by atoms with E-state index in [9.17, 15) is 9.90 Å². The van der Waals surface area contributed by atoms with Crippen LogP contribution in [0.25, 0.3) is 0 Å². The Balaban J connectivity index is 1.71. The highest BCUT2D eigenvalue weighted by atomic mass is 16.3. The van der Waals surface area contributed by atoms with Crippen molar-refractivity contribution in [3.63, 3.8) is 0 Å². The number of aliphatic hydroxyl groups is 1. The van der Waals surface area contributed by atoms with Crippen molar-refractivity contribution in [2.45, 2.75) is 31.8 Å². The van der Waals surface area contributed by atoms with Crippen LogP contribution >= 0.6 is 0 Å².